The Hall–Kier alpha value is -1.91. The highest BCUT2D eigenvalue weighted by molar-refractivity contribution is 5.53. The van der Waals surface area contributed by atoms with E-state index in [1.165, 1.54) is 0 Å². The van der Waals surface area contributed by atoms with Crippen molar-refractivity contribution >= 4 is 0 Å². The fourth-order valence-corrected chi connectivity index (χ4v) is 1.74. The maximum atomic E-state index is 11.9. The average molecular weight is 232 g/mol. The van der Waals surface area contributed by atoms with Crippen molar-refractivity contribution in [2.24, 2.45) is 5.92 Å². The van der Waals surface area contributed by atoms with Crippen molar-refractivity contribution in [2.75, 3.05) is 0 Å². The lowest BCUT2D eigenvalue weighted by Gasteiger charge is -2.08. The van der Waals surface area contributed by atoms with Crippen LogP contribution in [0.3, 0.4) is 0 Å². The van der Waals surface area contributed by atoms with Crippen LogP contribution in [0.4, 0.5) is 0 Å². The number of hydrogen-bond donors (Lipinski definition) is 1. The zero-order valence-corrected chi connectivity index (χ0v) is 10.3. The summed E-state index contributed by atoms with van der Waals surface area (Å²) < 4.78 is 1.91. The molecule has 0 saturated heterocycles. The standard InChI is InChI=1S/C12H16N4O/c1-8(2)6-16-7-14-15-12(16)10-5-13-9(3)4-11(10)17/h4-5,7-8H,6H2,1-3H3,(H,13,17). The third-order valence-corrected chi connectivity index (χ3v) is 2.48. The van der Waals surface area contributed by atoms with Crippen molar-refractivity contribution in [2.45, 2.75) is 27.3 Å². The monoisotopic (exact) mass is 232 g/mol. The van der Waals surface area contributed by atoms with Gasteiger partial charge in [-0.1, -0.05) is 13.8 Å². The summed E-state index contributed by atoms with van der Waals surface area (Å²) in [6.07, 6.45) is 3.35. The van der Waals surface area contributed by atoms with E-state index in [0.29, 0.717) is 17.3 Å². The van der Waals surface area contributed by atoms with Crippen molar-refractivity contribution in [3.05, 3.63) is 34.5 Å². The van der Waals surface area contributed by atoms with E-state index in [9.17, 15) is 4.79 Å². The molecule has 2 aromatic heterocycles. The lowest BCUT2D eigenvalue weighted by Crippen LogP contribution is -2.11. The zero-order chi connectivity index (χ0) is 12.4. The number of aromatic amines is 1. The van der Waals surface area contributed by atoms with Gasteiger partial charge in [0.25, 0.3) is 0 Å². The van der Waals surface area contributed by atoms with E-state index >= 15 is 0 Å². The van der Waals surface area contributed by atoms with Crippen LogP contribution in [0.5, 0.6) is 0 Å². The maximum absolute atomic E-state index is 11.9. The summed E-state index contributed by atoms with van der Waals surface area (Å²) in [6, 6.07) is 1.57. The second-order valence-corrected chi connectivity index (χ2v) is 4.59. The maximum Gasteiger partial charge on any atom is 0.192 e. The number of pyridine rings is 1. The molecule has 2 aromatic rings. The van der Waals surface area contributed by atoms with Gasteiger partial charge in [-0.15, -0.1) is 10.2 Å². The van der Waals surface area contributed by atoms with Crippen LogP contribution in [0.25, 0.3) is 11.4 Å². The van der Waals surface area contributed by atoms with Gasteiger partial charge in [-0.25, -0.2) is 0 Å². The molecule has 0 aliphatic rings. The van der Waals surface area contributed by atoms with Crippen molar-refractivity contribution in [1.29, 1.82) is 0 Å². The molecule has 0 aliphatic carbocycles. The zero-order valence-electron chi connectivity index (χ0n) is 10.3. The average Bonchev–Trinajstić information content (AvgIpc) is 2.65. The van der Waals surface area contributed by atoms with Crippen molar-refractivity contribution in [1.82, 2.24) is 19.7 Å². The largest absolute Gasteiger partial charge is 0.364 e. The van der Waals surface area contributed by atoms with Gasteiger partial charge < -0.3 is 9.55 Å². The SMILES string of the molecule is Cc1cc(=O)c(-c2nncn2CC(C)C)c[nH]1. The van der Waals surface area contributed by atoms with E-state index in [1.807, 2.05) is 11.5 Å². The topological polar surface area (TPSA) is 63.6 Å². The molecule has 1 N–H and O–H groups in total. The fraction of sp³-hybridized carbons (Fsp3) is 0.417. The number of aryl methyl sites for hydroxylation is 1. The minimum absolute atomic E-state index is 0.0285. The van der Waals surface area contributed by atoms with Crippen LogP contribution in [0.1, 0.15) is 19.5 Å². The number of nitrogens with one attached hydrogen (secondary N) is 1. The lowest BCUT2D eigenvalue weighted by atomic mass is 10.2. The summed E-state index contributed by atoms with van der Waals surface area (Å²) in [7, 11) is 0. The second-order valence-electron chi connectivity index (χ2n) is 4.59. The van der Waals surface area contributed by atoms with Crippen LogP contribution in [-0.2, 0) is 6.54 Å². The van der Waals surface area contributed by atoms with Gasteiger partial charge >= 0.3 is 0 Å². The molecule has 2 rings (SSSR count). The highest BCUT2D eigenvalue weighted by Gasteiger charge is 2.11. The molecule has 17 heavy (non-hydrogen) atoms. The van der Waals surface area contributed by atoms with E-state index < -0.39 is 0 Å². The Morgan fingerprint density at radius 1 is 1.47 bits per heavy atom. The number of hydrogen-bond acceptors (Lipinski definition) is 3. The molecule has 0 aliphatic heterocycles. The molecular weight excluding hydrogens is 216 g/mol. The van der Waals surface area contributed by atoms with Crippen LogP contribution >= 0.6 is 0 Å². The number of aromatic nitrogens is 4. The molecule has 0 fully saturated rings. The number of H-pyrrole nitrogens is 1. The van der Waals surface area contributed by atoms with Crippen molar-refractivity contribution < 1.29 is 0 Å². The van der Waals surface area contributed by atoms with Gasteiger partial charge in [0.05, 0.1) is 5.56 Å². The summed E-state index contributed by atoms with van der Waals surface area (Å²) >= 11 is 0. The van der Waals surface area contributed by atoms with Gasteiger partial charge in [-0.3, -0.25) is 4.79 Å². The first kappa shape index (κ1) is 11.6. The van der Waals surface area contributed by atoms with Gasteiger partial charge in [0.1, 0.15) is 6.33 Å². The van der Waals surface area contributed by atoms with Crippen molar-refractivity contribution in [3.63, 3.8) is 0 Å². The van der Waals surface area contributed by atoms with E-state index in [-0.39, 0.29) is 5.43 Å². The van der Waals surface area contributed by atoms with Gasteiger partial charge in [-0.2, -0.15) is 0 Å². The second kappa shape index (κ2) is 4.53. The third-order valence-electron chi connectivity index (χ3n) is 2.48. The molecule has 5 heteroatoms. The van der Waals surface area contributed by atoms with Crippen LogP contribution in [-0.4, -0.2) is 19.7 Å². The van der Waals surface area contributed by atoms with Crippen molar-refractivity contribution in [3.8, 4) is 11.4 Å². The Bertz CT molecular complexity index is 568. The molecule has 5 nitrogen and oxygen atoms in total. The molecule has 0 bridgehead atoms. The normalized spacial score (nSPS) is 11.1. The molecule has 0 radical (unpaired) electrons. The minimum atomic E-state index is -0.0285. The van der Waals surface area contributed by atoms with Gasteiger partial charge in [0.15, 0.2) is 11.3 Å². The van der Waals surface area contributed by atoms with E-state index in [2.05, 4.69) is 29.0 Å². The molecule has 0 saturated carbocycles. The molecule has 0 amide bonds. The highest BCUT2D eigenvalue weighted by atomic mass is 16.1. The molecule has 0 atom stereocenters. The minimum Gasteiger partial charge on any atom is -0.364 e. The molecule has 90 valence electrons. The Balaban J connectivity index is 2.46. The predicted octanol–water partition coefficient (Wildman–Crippen LogP) is 1.60. The van der Waals surface area contributed by atoms with Crippen LogP contribution < -0.4 is 5.43 Å². The van der Waals surface area contributed by atoms with Crippen LogP contribution in [0.2, 0.25) is 0 Å². The predicted molar refractivity (Wildman–Crippen MR) is 65.7 cm³/mol. The van der Waals surface area contributed by atoms with E-state index in [4.69, 9.17) is 0 Å². The first-order valence-corrected chi connectivity index (χ1v) is 5.65. The first-order chi connectivity index (χ1) is 8.08. The Labute approximate surface area is 99.5 Å². The first-order valence-electron chi connectivity index (χ1n) is 5.65. The number of rotatable bonds is 3. The quantitative estimate of drug-likeness (QED) is 0.874. The molecule has 0 aromatic carbocycles. The molecule has 2 heterocycles. The van der Waals surface area contributed by atoms with Gasteiger partial charge in [0.2, 0.25) is 0 Å². The van der Waals surface area contributed by atoms with E-state index in [0.717, 1.165) is 12.2 Å². The Morgan fingerprint density at radius 3 is 2.88 bits per heavy atom. The fourth-order valence-electron chi connectivity index (χ4n) is 1.74. The number of nitrogens with zero attached hydrogens (tertiary/aromatic N) is 3. The smallest absolute Gasteiger partial charge is 0.192 e. The van der Waals surface area contributed by atoms with E-state index in [1.54, 1.807) is 18.6 Å². The molecule has 0 spiro atoms. The molecule has 0 unspecified atom stereocenters. The molecular formula is C12H16N4O. The Morgan fingerprint density at radius 2 is 2.24 bits per heavy atom. The lowest BCUT2D eigenvalue weighted by molar-refractivity contribution is 0.525. The summed E-state index contributed by atoms with van der Waals surface area (Å²) in [4.78, 5) is 14.9. The summed E-state index contributed by atoms with van der Waals surface area (Å²) in [6.45, 7) is 6.88. The third kappa shape index (κ3) is 2.43. The van der Waals surface area contributed by atoms with Gasteiger partial charge in [-0.05, 0) is 12.8 Å². The highest BCUT2D eigenvalue weighted by Crippen LogP contribution is 2.13. The van der Waals surface area contributed by atoms with Gasteiger partial charge in [0, 0.05) is 24.5 Å². The van der Waals surface area contributed by atoms with Crippen LogP contribution in [0.15, 0.2) is 23.4 Å². The Kier molecular flexibility index (Phi) is 3.08. The van der Waals surface area contributed by atoms with Crippen LogP contribution in [0, 0.1) is 12.8 Å². The summed E-state index contributed by atoms with van der Waals surface area (Å²) in [5, 5.41) is 7.90. The summed E-state index contributed by atoms with van der Waals surface area (Å²) in [5.74, 6) is 1.11. The summed E-state index contributed by atoms with van der Waals surface area (Å²) in [5.41, 5.74) is 1.38.